The zero-order valence-electron chi connectivity index (χ0n) is 32.1. The molecule has 10 bridgehead atoms. The monoisotopic (exact) mass is 804 g/mol. The van der Waals surface area contributed by atoms with E-state index in [2.05, 4.69) is 24.7 Å². The fourth-order valence-corrected chi connectivity index (χ4v) is 15.3. The molecule has 10 heterocycles. The van der Waals surface area contributed by atoms with Gasteiger partial charge < -0.3 is 24.8 Å². The molecule has 0 radical (unpaired) electrons. The van der Waals surface area contributed by atoms with Crippen molar-refractivity contribution in [1.82, 2.24) is 44.7 Å². The van der Waals surface area contributed by atoms with Gasteiger partial charge >= 0.3 is 8.88 Å². The van der Waals surface area contributed by atoms with E-state index in [0.29, 0.717) is 130 Å². The Kier molecular flexibility index (Phi) is 6.81. The minimum Gasteiger partial charge on any atom is -0.375 e. The smallest absolute Gasteiger partial charge is 0.375 e. The maximum absolute atomic E-state index is 7.88. The van der Waals surface area contributed by atoms with Crippen LogP contribution in [0.5, 0.6) is 0 Å². The highest BCUT2D eigenvalue weighted by Gasteiger charge is 2.63. The molecule has 0 spiro atoms. The maximum atomic E-state index is 7.88. The Morgan fingerprint density at radius 2 is 1.27 bits per heavy atom. The molecule has 11 aliphatic rings. The molecule has 0 aromatic carbocycles. The molecule has 3 N–H and O–H groups in total. The fourth-order valence-electron chi connectivity index (χ4n) is 11.9. The highest BCUT2D eigenvalue weighted by atomic mass is 28.4. The predicted octanol–water partition coefficient (Wildman–Crippen LogP) is 3.44. The molecule has 3 aromatic heterocycles. The molecule has 59 heavy (non-hydrogen) atoms. The summed E-state index contributed by atoms with van der Waals surface area (Å²) < 4.78 is 20.0. The van der Waals surface area contributed by atoms with Crippen molar-refractivity contribution in [2.24, 2.45) is 70.5 Å². The summed E-state index contributed by atoms with van der Waals surface area (Å²) in [5, 5.41) is 10.8. The maximum Gasteiger partial charge on any atom is 0.599 e. The highest BCUT2D eigenvalue weighted by Crippen LogP contribution is 2.52. The molecule has 296 valence electrons. The van der Waals surface area contributed by atoms with E-state index >= 15 is 0 Å². The standard InChI is InChI=1S/C40H40N16O2Si/c1-3-21-13-19(1)15-23(21)17-57-59(58-18-24-16-20-2-4-22(24)14-20)55-37-29-30(46-10-9-45-29)39(55)53-35-27-28(44-8-7-43-27)36(50-35)54-40-32-31(47-11-12-48-32)38(56(40)59)52-34-26-25(33(49-34)51-37)41-5-6-42-26/h5,8-12,19-24,38,42-43H,1-4,6-7,13-18H2,(H,49,51,52)/b53-35-,54-40-. The second-order valence-corrected chi connectivity index (χ2v) is 20.1. The van der Waals surface area contributed by atoms with Crippen LogP contribution >= 0.6 is 0 Å². The Bertz CT molecular complexity index is 2680. The van der Waals surface area contributed by atoms with Gasteiger partial charge in [0.1, 0.15) is 51.4 Å². The molecule has 14 rings (SSSR count). The largest absolute Gasteiger partial charge is 0.599 e. The van der Waals surface area contributed by atoms with Crippen LogP contribution in [-0.4, -0.2) is 106 Å². The van der Waals surface area contributed by atoms with Crippen molar-refractivity contribution in [2.45, 2.75) is 57.5 Å². The first-order valence-electron chi connectivity index (χ1n) is 21.1. The van der Waals surface area contributed by atoms with Crippen molar-refractivity contribution in [1.29, 1.82) is 0 Å². The van der Waals surface area contributed by atoms with Gasteiger partial charge in [-0.15, -0.1) is 0 Å². The average Bonchev–Trinajstić information content (AvgIpc) is 4.17. The summed E-state index contributed by atoms with van der Waals surface area (Å²) in [6.45, 7) is 2.07. The van der Waals surface area contributed by atoms with Crippen molar-refractivity contribution in [2.75, 3.05) is 26.3 Å². The summed E-state index contributed by atoms with van der Waals surface area (Å²) in [6, 6.07) is 0. The minimum atomic E-state index is -4.22. The molecule has 7 aliphatic heterocycles. The number of hydrogen-bond acceptors (Lipinski definition) is 17. The first kappa shape index (κ1) is 33.1. The van der Waals surface area contributed by atoms with Gasteiger partial charge in [-0.25, -0.2) is 39.9 Å². The zero-order valence-corrected chi connectivity index (χ0v) is 33.1. The summed E-state index contributed by atoms with van der Waals surface area (Å²) in [6.07, 6.45) is 19.6. The third-order valence-corrected chi connectivity index (χ3v) is 17.6. The third kappa shape index (κ3) is 4.65. The van der Waals surface area contributed by atoms with Gasteiger partial charge in [0, 0.05) is 50.4 Å². The molecule has 7 atom stereocenters. The van der Waals surface area contributed by atoms with E-state index in [-0.39, 0.29) is 0 Å². The lowest BCUT2D eigenvalue weighted by Gasteiger charge is -2.44. The number of nitrogens with one attached hydrogen (secondary N) is 3. The Labute approximate surface area is 339 Å². The predicted molar refractivity (Wildman–Crippen MR) is 221 cm³/mol. The van der Waals surface area contributed by atoms with Crippen LogP contribution in [0.15, 0.2) is 82.5 Å². The van der Waals surface area contributed by atoms with E-state index in [1.54, 1.807) is 24.8 Å². The number of rotatable bonds is 6. The van der Waals surface area contributed by atoms with Gasteiger partial charge in [0.25, 0.3) is 0 Å². The van der Waals surface area contributed by atoms with Crippen LogP contribution < -0.4 is 16.0 Å². The highest BCUT2D eigenvalue weighted by molar-refractivity contribution is 6.68. The van der Waals surface area contributed by atoms with E-state index in [1.165, 1.54) is 38.5 Å². The Hall–Kier alpha value is -5.79. The van der Waals surface area contributed by atoms with Gasteiger partial charge in [0.15, 0.2) is 40.8 Å². The molecule has 0 amide bonds. The lowest BCUT2D eigenvalue weighted by atomic mass is 9.90. The van der Waals surface area contributed by atoms with Gasteiger partial charge in [-0.2, -0.15) is 0 Å². The van der Waals surface area contributed by atoms with Gasteiger partial charge in [0.2, 0.25) is 0 Å². The average molecular weight is 805 g/mol. The first-order valence-corrected chi connectivity index (χ1v) is 22.8. The number of aliphatic imine (C=N–C) groups is 7. The van der Waals surface area contributed by atoms with Crippen LogP contribution in [0.1, 0.15) is 68.9 Å². The minimum absolute atomic E-state index is 0.382. The molecule has 18 nitrogen and oxygen atoms in total. The number of nitrogens with zero attached hydrogens (tertiary/aromatic N) is 13. The van der Waals surface area contributed by atoms with Crippen molar-refractivity contribution in [3.05, 3.63) is 59.0 Å². The molecular weight excluding hydrogens is 765 g/mol. The Balaban J connectivity index is 1.10. The number of amidine groups is 5. The Morgan fingerprint density at radius 1 is 0.644 bits per heavy atom. The fraction of sp³-hybridized carbons (Fsp3) is 0.475. The topological polar surface area (TPSA) is 201 Å². The molecule has 3 aromatic rings. The summed E-state index contributed by atoms with van der Waals surface area (Å²) >= 11 is 0. The zero-order chi connectivity index (χ0) is 38.4. The quantitative estimate of drug-likeness (QED) is 0.310. The first-order chi connectivity index (χ1) is 29.2. The van der Waals surface area contributed by atoms with Gasteiger partial charge in [0.05, 0.1) is 13.1 Å². The lowest BCUT2D eigenvalue weighted by Crippen LogP contribution is -2.68. The summed E-state index contributed by atoms with van der Waals surface area (Å²) in [5.74, 6) is 6.81. The second kappa shape index (κ2) is 12.1. The van der Waals surface area contributed by atoms with E-state index in [1.807, 2.05) is 12.4 Å². The third-order valence-electron chi connectivity index (χ3n) is 14.4. The van der Waals surface area contributed by atoms with Crippen LogP contribution in [0.3, 0.4) is 0 Å². The summed E-state index contributed by atoms with van der Waals surface area (Å²) in [7, 11) is -4.22. The SMILES string of the molecule is C1=NC2=C(NC1)/C1=N/c3c4nccnc4c4n3[Si](OCC3CC5CCC3C5)(OCC3CC5CCC3C5)N3/C(=N\C2=N1)c1nccnc1C3NC1=N/C(=N\4)C2=C1NCC=N2. The molecule has 7 unspecified atom stereocenters. The Morgan fingerprint density at radius 3 is 1.95 bits per heavy atom. The number of fused-ring (bicyclic) bond motifs is 16. The van der Waals surface area contributed by atoms with Crippen LogP contribution in [0.4, 0.5) is 11.6 Å². The molecular formula is C40H40N16O2Si. The van der Waals surface area contributed by atoms with E-state index in [0.717, 1.165) is 30.4 Å². The normalized spacial score (nSPS) is 36.2. The van der Waals surface area contributed by atoms with Gasteiger partial charge in [-0.3, -0.25) is 23.8 Å². The van der Waals surface area contributed by atoms with Crippen LogP contribution in [-0.2, 0) is 8.85 Å². The van der Waals surface area contributed by atoms with Crippen molar-refractivity contribution in [3.63, 3.8) is 0 Å². The number of hydrogen-bond donors (Lipinski definition) is 3. The summed E-state index contributed by atoms with van der Waals surface area (Å²) in [5.41, 5.74) is 5.02. The van der Waals surface area contributed by atoms with Crippen LogP contribution in [0.2, 0.25) is 0 Å². The molecule has 4 aliphatic carbocycles. The van der Waals surface area contributed by atoms with E-state index in [9.17, 15) is 0 Å². The second-order valence-electron chi connectivity index (χ2n) is 17.5. The molecule has 4 saturated carbocycles. The van der Waals surface area contributed by atoms with Crippen LogP contribution in [0.25, 0.3) is 11.0 Å². The van der Waals surface area contributed by atoms with E-state index in [4.69, 9.17) is 63.7 Å². The van der Waals surface area contributed by atoms with Crippen molar-refractivity contribution < 1.29 is 8.85 Å². The van der Waals surface area contributed by atoms with Gasteiger partial charge in [-0.05, 0) is 74.0 Å². The number of aromatic nitrogens is 5. The lowest BCUT2D eigenvalue weighted by molar-refractivity contribution is 0.0618. The van der Waals surface area contributed by atoms with Crippen molar-refractivity contribution in [3.8, 4) is 0 Å². The summed E-state index contributed by atoms with van der Waals surface area (Å²) in [4.78, 5) is 56.3. The molecule has 0 saturated heterocycles. The molecule has 19 heteroatoms. The van der Waals surface area contributed by atoms with E-state index < -0.39 is 15.0 Å². The van der Waals surface area contributed by atoms with Gasteiger partial charge in [-0.1, -0.05) is 12.8 Å². The van der Waals surface area contributed by atoms with Crippen molar-refractivity contribution >= 4 is 73.2 Å². The van der Waals surface area contributed by atoms with Crippen LogP contribution in [0, 0.1) is 35.5 Å². The molecule has 4 fully saturated rings.